The summed E-state index contributed by atoms with van der Waals surface area (Å²) in [6.45, 7) is 1.91. The molecule has 0 atom stereocenters. The molecule has 0 saturated carbocycles. The number of aryl methyl sites for hydroxylation is 1. The summed E-state index contributed by atoms with van der Waals surface area (Å²) in [6.07, 6.45) is 0. The van der Waals surface area contributed by atoms with Crippen LogP contribution in [0.4, 0.5) is 5.69 Å². The van der Waals surface area contributed by atoms with E-state index >= 15 is 0 Å². The summed E-state index contributed by atoms with van der Waals surface area (Å²) in [7, 11) is -1.27. The molecule has 24 heavy (non-hydrogen) atoms. The van der Waals surface area contributed by atoms with Gasteiger partial charge in [0.2, 0.25) is 0 Å². The monoisotopic (exact) mass is 412 g/mol. The van der Waals surface area contributed by atoms with Gasteiger partial charge in [-0.2, -0.15) is 0 Å². The second kappa shape index (κ2) is 7.43. The first kappa shape index (κ1) is 18.6. The maximum absolute atomic E-state index is 12.4. The van der Waals surface area contributed by atoms with Crippen LogP contribution in [0.2, 0.25) is 0 Å². The fourth-order valence-electron chi connectivity index (χ4n) is 1.97. The number of hydrogen-bond donors (Lipinski definition) is 1. The van der Waals surface area contributed by atoms with Crippen LogP contribution in [-0.2, 0) is 14.9 Å². The number of hydrogen-bond acceptors (Lipinski definition) is 4. The van der Waals surface area contributed by atoms with Crippen LogP contribution < -0.4 is 5.32 Å². The number of anilines is 1. The van der Waals surface area contributed by atoms with E-state index in [2.05, 4.69) is 21.2 Å². The third-order valence-electron chi connectivity index (χ3n) is 3.41. The van der Waals surface area contributed by atoms with Crippen LogP contribution in [0.15, 0.2) is 51.8 Å². The van der Waals surface area contributed by atoms with Gasteiger partial charge in [0.15, 0.2) is 0 Å². The summed E-state index contributed by atoms with van der Waals surface area (Å²) in [5, 5.41) is 2.75. The molecule has 0 fully saturated rings. The van der Waals surface area contributed by atoms with Gasteiger partial charge in [-0.05, 0) is 48.9 Å². The van der Waals surface area contributed by atoms with Gasteiger partial charge in [-0.1, -0.05) is 26.5 Å². The van der Waals surface area contributed by atoms with Gasteiger partial charge in [0.05, 0.1) is 12.0 Å². The molecule has 2 aromatic carbocycles. The van der Waals surface area contributed by atoms with Crippen LogP contribution in [0.25, 0.3) is 0 Å². The number of nitrogens with zero attached hydrogens (tertiary/aromatic N) is 1. The smallest absolute Gasteiger partial charge is 0.264 e. The average molecular weight is 413 g/mol. The quantitative estimate of drug-likeness (QED) is 0.764. The van der Waals surface area contributed by atoms with Gasteiger partial charge in [0.1, 0.15) is 0 Å². The molecular formula is C16H17BrN2O4S. The first-order valence-corrected chi connectivity index (χ1v) is 9.19. The molecule has 1 amide bonds. The number of hydroxylamine groups is 1. The summed E-state index contributed by atoms with van der Waals surface area (Å²) in [6, 6.07) is 11.2. The highest BCUT2D eigenvalue weighted by atomic mass is 79.9. The predicted octanol–water partition coefficient (Wildman–Crippen LogP) is 3.19. The van der Waals surface area contributed by atoms with Gasteiger partial charge in [0, 0.05) is 22.8 Å². The normalized spacial score (nSPS) is 11.5. The van der Waals surface area contributed by atoms with E-state index in [1.54, 1.807) is 12.1 Å². The number of halogens is 1. The Hall–Kier alpha value is -1.74. The van der Waals surface area contributed by atoms with E-state index in [1.807, 2.05) is 19.1 Å². The molecule has 1 N–H and O–H groups in total. The minimum absolute atomic E-state index is 0.0218. The van der Waals surface area contributed by atoms with Crippen molar-refractivity contribution in [1.29, 1.82) is 0 Å². The van der Waals surface area contributed by atoms with Crippen LogP contribution >= 0.6 is 15.9 Å². The van der Waals surface area contributed by atoms with Gasteiger partial charge in [0.25, 0.3) is 15.9 Å². The lowest BCUT2D eigenvalue weighted by atomic mass is 10.2. The van der Waals surface area contributed by atoms with Gasteiger partial charge < -0.3 is 5.32 Å². The summed E-state index contributed by atoms with van der Waals surface area (Å²) < 4.78 is 26.2. The summed E-state index contributed by atoms with van der Waals surface area (Å²) in [4.78, 5) is 17.1. The van der Waals surface area contributed by atoms with Crippen LogP contribution in [0.3, 0.4) is 0 Å². The zero-order valence-electron chi connectivity index (χ0n) is 13.4. The summed E-state index contributed by atoms with van der Waals surface area (Å²) in [5.41, 5.74) is 1.84. The zero-order chi connectivity index (χ0) is 17.9. The highest BCUT2D eigenvalue weighted by Crippen LogP contribution is 2.21. The maximum atomic E-state index is 12.4. The maximum Gasteiger partial charge on any atom is 0.264 e. The van der Waals surface area contributed by atoms with Crippen molar-refractivity contribution < 1.29 is 18.0 Å². The predicted molar refractivity (Wildman–Crippen MR) is 95.2 cm³/mol. The zero-order valence-corrected chi connectivity index (χ0v) is 15.8. The van der Waals surface area contributed by atoms with Gasteiger partial charge in [-0.15, -0.1) is 0 Å². The van der Waals surface area contributed by atoms with E-state index < -0.39 is 15.9 Å². The van der Waals surface area contributed by atoms with Crippen molar-refractivity contribution in [2.24, 2.45) is 0 Å². The Morgan fingerprint density at radius 1 is 1.21 bits per heavy atom. The van der Waals surface area contributed by atoms with Gasteiger partial charge in [-0.3, -0.25) is 9.63 Å². The molecule has 0 unspecified atom stereocenters. The lowest BCUT2D eigenvalue weighted by molar-refractivity contribution is -0.0258. The minimum Gasteiger partial charge on any atom is -0.322 e. The van der Waals surface area contributed by atoms with Crippen molar-refractivity contribution >= 4 is 37.5 Å². The molecule has 2 rings (SSSR count). The number of benzene rings is 2. The molecule has 2 aromatic rings. The van der Waals surface area contributed by atoms with E-state index in [4.69, 9.17) is 4.84 Å². The number of nitrogens with one attached hydrogen (secondary N) is 1. The highest BCUT2D eigenvalue weighted by Gasteiger charge is 2.22. The van der Waals surface area contributed by atoms with Crippen molar-refractivity contribution in [2.45, 2.75) is 11.8 Å². The van der Waals surface area contributed by atoms with Gasteiger partial charge >= 0.3 is 0 Å². The molecule has 0 spiro atoms. The molecule has 0 heterocycles. The molecule has 8 heteroatoms. The molecule has 0 aliphatic rings. The Labute approximate surface area is 149 Å². The first-order valence-electron chi connectivity index (χ1n) is 6.96. The van der Waals surface area contributed by atoms with Crippen molar-refractivity contribution in [3.63, 3.8) is 0 Å². The lowest BCUT2D eigenvalue weighted by Crippen LogP contribution is -2.26. The Morgan fingerprint density at radius 2 is 1.92 bits per heavy atom. The van der Waals surface area contributed by atoms with E-state index in [-0.39, 0.29) is 10.5 Å². The molecule has 0 aliphatic heterocycles. The second-order valence-corrected chi connectivity index (χ2v) is 7.83. The Bertz CT molecular complexity index is 868. The third kappa shape index (κ3) is 4.02. The summed E-state index contributed by atoms with van der Waals surface area (Å²) >= 11 is 3.40. The molecule has 6 nitrogen and oxygen atoms in total. The van der Waals surface area contributed by atoms with Crippen molar-refractivity contribution in [3.05, 3.63) is 58.1 Å². The second-order valence-electron chi connectivity index (χ2n) is 5.04. The minimum atomic E-state index is -3.81. The largest absolute Gasteiger partial charge is 0.322 e. The van der Waals surface area contributed by atoms with Crippen LogP contribution in [0.1, 0.15) is 15.9 Å². The van der Waals surface area contributed by atoms with Crippen LogP contribution in [-0.4, -0.2) is 33.0 Å². The Balaban J connectivity index is 2.28. The number of carbonyl (C=O) groups is 1. The third-order valence-corrected chi connectivity index (χ3v) is 5.97. The fraction of sp³-hybridized carbons (Fsp3) is 0.188. The molecule has 0 saturated heterocycles. The van der Waals surface area contributed by atoms with Crippen LogP contribution in [0.5, 0.6) is 0 Å². The standard InChI is InChI=1S/C16H17BrN2O4S/c1-11-9-13(7-8-15(11)17)18-16(20)12-5-4-6-14(10-12)24(21,22)19(2)23-3/h4-10H,1-3H3,(H,18,20). The highest BCUT2D eigenvalue weighted by molar-refractivity contribution is 9.10. The van der Waals surface area contributed by atoms with Gasteiger partial charge in [-0.25, -0.2) is 8.42 Å². The van der Waals surface area contributed by atoms with E-state index in [1.165, 1.54) is 32.4 Å². The van der Waals surface area contributed by atoms with E-state index in [0.29, 0.717) is 5.69 Å². The Morgan fingerprint density at radius 3 is 2.54 bits per heavy atom. The molecule has 0 aromatic heterocycles. The number of amides is 1. The average Bonchev–Trinajstić information content (AvgIpc) is 2.57. The molecule has 128 valence electrons. The first-order chi connectivity index (χ1) is 11.3. The topological polar surface area (TPSA) is 75.7 Å². The van der Waals surface area contributed by atoms with E-state index in [9.17, 15) is 13.2 Å². The molecule has 0 bridgehead atoms. The van der Waals surface area contributed by atoms with Crippen LogP contribution in [0, 0.1) is 6.92 Å². The fourth-order valence-corrected chi connectivity index (χ4v) is 3.24. The molecule has 0 radical (unpaired) electrons. The number of rotatable bonds is 5. The molecule has 0 aliphatic carbocycles. The number of carbonyl (C=O) groups excluding carboxylic acids is 1. The van der Waals surface area contributed by atoms with E-state index in [0.717, 1.165) is 14.5 Å². The van der Waals surface area contributed by atoms with Crippen molar-refractivity contribution in [2.75, 3.05) is 19.5 Å². The Kier molecular flexibility index (Phi) is 5.76. The SMILES string of the molecule is CON(C)S(=O)(=O)c1cccc(C(=O)Nc2ccc(Br)c(C)c2)c1. The van der Waals surface area contributed by atoms with Crippen molar-refractivity contribution in [3.8, 4) is 0 Å². The molecular weight excluding hydrogens is 396 g/mol. The van der Waals surface area contributed by atoms with Crippen molar-refractivity contribution in [1.82, 2.24) is 4.47 Å². The lowest BCUT2D eigenvalue weighted by Gasteiger charge is -2.14. The number of sulfonamides is 1. The summed E-state index contributed by atoms with van der Waals surface area (Å²) in [5.74, 6) is -0.395.